The molecule has 0 bridgehead atoms. The second-order valence-electron chi connectivity index (χ2n) is 7.34. The van der Waals surface area contributed by atoms with Crippen LogP contribution in [0.2, 0.25) is 0 Å². The minimum Gasteiger partial charge on any atom is -0.480 e. The summed E-state index contributed by atoms with van der Waals surface area (Å²) in [6.07, 6.45) is 1.22. The number of carboxylic acids is 1. The molecule has 0 saturated carbocycles. The van der Waals surface area contributed by atoms with Gasteiger partial charge in [-0.2, -0.15) is 0 Å². The van der Waals surface area contributed by atoms with Gasteiger partial charge in [0.15, 0.2) is 0 Å². The molecule has 0 aromatic heterocycles. The minimum absolute atomic E-state index is 0.0593. The fourth-order valence-electron chi connectivity index (χ4n) is 2.81. The summed E-state index contributed by atoms with van der Waals surface area (Å²) >= 11 is 0. The van der Waals surface area contributed by atoms with Crippen LogP contribution in [0.15, 0.2) is 54.6 Å². The number of carbonyl (C=O) groups is 3. The Morgan fingerprint density at radius 2 is 1.57 bits per heavy atom. The van der Waals surface area contributed by atoms with Gasteiger partial charge in [-0.3, -0.25) is 14.4 Å². The summed E-state index contributed by atoms with van der Waals surface area (Å²) in [4.78, 5) is 34.3. The summed E-state index contributed by atoms with van der Waals surface area (Å²) in [6.45, 7) is 3.85. The number of carboxylic acid groups (broad SMARTS) is 1. The SMILES string of the molecule is CC(C)(CCC(=O)Nc1ccc(CC(=O)NCC(=O)O)cc1)c1ccccc1. The molecule has 148 valence electrons. The molecule has 3 N–H and O–H groups in total. The van der Waals surface area contributed by atoms with Crippen LogP contribution in [0.1, 0.15) is 37.8 Å². The molecule has 0 aliphatic rings. The second-order valence-corrected chi connectivity index (χ2v) is 7.34. The van der Waals surface area contributed by atoms with Gasteiger partial charge in [0.1, 0.15) is 6.54 Å². The van der Waals surface area contributed by atoms with Crippen molar-refractivity contribution < 1.29 is 19.5 Å². The van der Waals surface area contributed by atoms with Crippen LogP contribution in [0, 0.1) is 0 Å². The highest BCUT2D eigenvalue weighted by atomic mass is 16.4. The van der Waals surface area contributed by atoms with Gasteiger partial charge in [0.2, 0.25) is 11.8 Å². The Labute approximate surface area is 165 Å². The first-order valence-electron chi connectivity index (χ1n) is 9.19. The first-order chi connectivity index (χ1) is 13.3. The van der Waals surface area contributed by atoms with Crippen molar-refractivity contribution in [2.45, 2.75) is 38.5 Å². The average molecular weight is 382 g/mol. The van der Waals surface area contributed by atoms with Crippen LogP contribution in [-0.4, -0.2) is 29.4 Å². The average Bonchev–Trinajstić information content (AvgIpc) is 2.67. The van der Waals surface area contributed by atoms with Gasteiger partial charge < -0.3 is 15.7 Å². The third-order valence-electron chi connectivity index (χ3n) is 4.57. The molecule has 0 aliphatic heterocycles. The van der Waals surface area contributed by atoms with Crippen LogP contribution < -0.4 is 10.6 Å². The number of amides is 2. The van der Waals surface area contributed by atoms with Crippen LogP contribution in [-0.2, 0) is 26.2 Å². The van der Waals surface area contributed by atoms with Crippen LogP contribution in [0.25, 0.3) is 0 Å². The summed E-state index contributed by atoms with van der Waals surface area (Å²) in [5.74, 6) is -1.50. The van der Waals surface area contributed by atoms with E-state index in [0.717, 1.165) is 12.0 Å². The Balaban J connectivity index is 1.82. The van der Waals surface area contributed by atoms with E-state index in [-0.39, 0.29) is 23.7 Å². The standard InChI is InChI=1S/C22H26N2O4/c1-22(2,17-6-4-3-5-7-17)13-12-19(25)24-18-10-8-16(9-11-18)14-20(26)23-15-21(27)28/h3-11H,12-15H2,1-2H3,(H,23,26)(H,24,25)(H,27,28). The molecular formula is C22H26N2O4. The fourth-order valence-corrected chi connectivity index (χ4v) is 2.81. The lowest BCUT2D eigenvalue weighted by Crippen LogP contribution is -2.30. The Hall–Kier alpha value is -3.15. The molecule has 2 aromatic rings. The van der Waals surface area contributed by atoms with Crippen molar-refractivity contribution in [3.05, 3.63) is 65.7 Å². The van der Waals surface area contributed by atoms with Gasteiger partial charge in [-0.1, -0.05) is 56.3 Å². The molecule has 6 heteroatoms. The molecule has 2 aromatic carbocycles. The highest BCUT2D eigenvalue weighted by molar-refractivity contribution is 5.90. The molecule has 0 heterocycles. The van der Waals surface area contributed by atoms with Crippen molar-refractivity contribution in [2.75, 3.05) is 11.9 Å². The van der Waals surface area contributed by atoms with Crippen molar-refractivity contribution in [3.63, 3.8) is 0 Å². The predicted octanol–water partition coefficient (Wildman–Crippen LogP) is 3.13. The monoisotopic (exact) mass is 382 g/mol. The molecule has 0 radical (unpaired) electrons. The molecular weight excluding hydrogens is 356 g/mol. The largest absolute Gasteiger partial charge is 0.480 e. The van der Waals surface area contributed by atoms with Crippen molar-refractivity contribution >= 4 is 23.5 Å². The van der Waals surface area contributed by atoms with Gasteiger partial charge in [-0.15, -0.1) is 0 Å². The summed E-state index contributed by atoms with van der Waals surface area (Å²) in [6, 6.07) is 17.1. The number of rotatable bonds is 9. The minimum atomic E-state index is -1.08. The number of aliphatic carboxylic acids is 1. The van der Waals surface area contributed by atoms with Crippen LogP contribution in [0.5, 0.6) is 0 Å². The summed E-state index contributed by atoms with van der Waals surface area (Å²) < 4.78 is 0. The number of benzene rings is 2. The van der Waals surface area contributed by atoms with E-state index in [1.54, 1.807) is 24.3 Å². The quantitative estimate of drug-likeness (QED) is 0.621. The number of hydrogen-bond acceptors (Lipinski definition) is 3. The summed E-state index contributed by atoms with van der Waals surface area (Å²) in [7, 11) is 0. The molecule has 0 saturated heterocycles. The molecule has 0 spiro atoms. The Morgan fingerprint density at radius 3 is 2.18 bits per heavy atom. The van der Waals surface area contributed by atoms with E-state index in [4.69, 9.17) is 5.11 Å². The Morgan fingerprint density at radius 1 is 0.929 bits per heavy atom. The lowest BCUT2D eigenvalue weighted by Gasteiger charge is -2.25. The maximum absolute atomic E-state index is 12.3. The normalized spacial score (nSPS) is 10.9. The molecule has 28 heavy (non-hydrogen) atoms. The van der Waals surface area contributed by atoms with E-state index in [9.17, 15) is 14.4 Å². The molecule has 2 rings (SSSR count). The van der Waals surface area contributed by atoms with Gasteiger partial charge in [-0.05, 0) is 35.1 Å². The van der Waals surface area contributed by atoms with E-state index in [1.807, 2.05) is 18.2 Å². The summed E-state index contributed by atoms with van der Waals surface area (Å²) in [5, 5.41) is 13.7. The first kappa shape index (κ1) is 21.2. The van der Waals surface area contributed by atoms with E-state index >= 15 is 0 Å². The van der Waals surface area contributed by atoms with E-state index < -0.39 is 12.5 Å². The first-order valence-corrected chi connectivity index (χ1v) is 9.19. The van der Waals surface area contributed by atoms with E-state index in [0.29, 0.717) is 12.1 Å². The highest BCUT2D eigenvalue weighted by Gasteiger charge is 2.21. The zero-order valence-corrected chi connectivity index (χ0v) is 16.2. The molecule has 0 fully saturated rings. The topological polar surface area (TPSA) is 95.5 Å². The molecule has 6 nitrogen and oxygen atoms in total. The van der Waals surface area contributed by atoms with Gasteiger partial charge in [-0.25, -0.2) is 0 Å². The number of hydrogen-bond donors (Lipinski definition) is 3. The van der Waals surface area contributed by atoms with Gasteiger partial charge in [0.25, 0.3) is 0 Å². The maximum atomic E-state index is 12.3. The fraction of sp³-hybridized carbons (Fsp3) is 0.318. The maximum Gasteiger partial charge on any atom is 0.322 e. The van der Waals surface area contributed by atoms with Crippen molar-refractivity contribution in [2.24, 2.45) is 0 Å². The van der Waals surface area contributed by atoms with Crippen LogP contribution in [0.4, 0.5) is 5.69 Å². The number of nitrogens with one attached hydrogen (secondary N) is 2. The van der Waals surface area contributed by atoms with Crippen LogP contribution in [0.3, 0.4) is 0 Å². The van der Waals surface area contributed by atoms with Gasteiger partial charge in [0, 0.05) is 12.1 Å². The van der Waals surface area contributed by atoms with Crippen molar-refractivity contribution in [3.8, 4) is 0 Å². The molecule has 0 aliphatic carbocycles. The molecule has 0 atom stereocenters. The predicted molar refractivity (Wildman–Crippen MR) is 108 cm³/mol. The van der Waals surface area contributed by atoms with Gasteiger partial charge in [0.05, 0.1) is 6.42 Å². The summed E-state index contributed by atoms with van der Waals surface area (Å²) in [5.41, 5.74) is 2.52. The van der Waals surface area contributed by atoms with E-state index in [1.165, 1.54) is 5.56 Å². The second kappa shape index (κ2) is 9.69. The highest BCUT2D eigenvalue weighted by Crippen LogP contribution is 2.28. The zero-order valence-electron chi connectivity index (χ0n) is 16.2. The zero-order chi connectivity index (χ0) is 20.6. The molecule has 2 amide bonds. The lowest BCUT2D eigenvalue weighted by atomic mass is 9.80. The molecule has 0 unspecified atom stereocenters. The Kier molecular flexibility index (Phi) is 7.32. The third kappa shape index (κ3) is 6.87. The van der Waals surface area contributed by atoms with Gasteiger partial charge >= 0.3 is 5.97 Å². The Bertz CT molecular complexity index is 814. The third-order valence-corrected chi connectivity index (χ3v) is 4.57. The number of anilines is 1. The van der Waals surface area contributed by atoms with Crippen molar-refractivity contribution in [1.82, 2.24) is 5.32 Å². The lowest BCUT2D eigenvalue weighted by molar-refractivity contribution is -0.137. The van der Waals surface area contributed by atoms with Crippen molar-refractivity contribution in [1.29, 1.82) is 0 Å². The smallest absolute Gasteiger partial charge is 0.322 e. The van der Waals surface area contributed by atoms with E-state index in [2.05, 4.69) is 36.6 Å². The van der Waals surface area contributed by atoms with Crippen LogP contribution >= 0.6 is 0 Å². The number of carbonyl (C=O) groups excluding carboxylic acids is 2.